The van der Waals surface area contributed by atoms with E-state index in [1.165, 1.54) is 0 Å². The summed E-state index contributed by atoms with van der Waals surface area (Å²) in [6, 6.07) is 14.6. The van der Waals surface area contributed by atoms with Gasteiger partial charge in [0, 0.05) is 6.42 Å². The molecule has 0 aliphatic carbocycles. The third kappa shape index (κ3) is 3.99. The molecule has 1 atom stereocenters. The largest absolute Gasteiger partial charge is 0.496 e. The average Bonchev–Trinajstić information content (AvgIpc) is 2.48. The van der Waals surface area contributed by atoms with Crippen LogP contribution in [0.4, 0.5) is 0 Å². The van der Waals surface area contributed by atoms with E-state index in [0.29, 0.717) is 11.5 Å². The lowest BCUT2D eigenvalue weighted by atomic mass is 10.0. The minimum atomic E-state index is -0.998. The van der Waals surface area contributed by atoms with Crippen molar-refractivity contribution in [1.29, 1.82) is 0 Å². The molecule has 1 N–H and O–H groups in total. The second kappa shape index (κ2) is 6.79. The number of hydrogen-bond acceptors (Lipinski definition) is 3. The number of hydrogen-bond donors (Lipinski definition) is 1. The Kier molecular flexibility index (Phi) is 4.82. The van der Waals surface area contributed by atoms with E-state index < -0.39 is 12.1 Å². The predicted molar refractivity (Wildman–Crippen MR) is 79.9 cm³/mol. The summed E-state index contributed by atoms with van der Waals surface area (Å²) < 4.78 is 10.8. The zero-order valence-electron chi connectivity index (χ0n) is 12.1. The third-order valence-electron chi connectivity index (χ3n) is 3.14. The number of ether oxygens (including phenoxy) is 2. The number of benzene rings is 2. The smallest absolute Gasteiger partial charge is 0.345 e. The highest BCUT2D eigenvalue weighted by atomic mass is 16.5. The summed E-state index contributed by atoms with van der Waals surface area (Å²) in [5.41, 5.74) is 1.87. The van der Waals surface area contributed by atoms with Gasteiger partial charge in [0.15, 0.2) is 6.10 Å². The molecule has 0 aromatic heterocycles. The molecule has 110 valence electrons. The summed E-state index contributed by atoms with van der Waals surface area (Å²) in [6.45, 7) is 1.96. The SMILES string of the molecule is COc1ccc(C)cc1C[C@@H](Oc1ccccc1)C(=O)O. The van der Waals surface area contributed by atoms with E-state index in [2.05, 4.69) is 0 Å². The number of carboxylic acid groups (broad SMARTS) is 1. The molecule has 2 rings (SSSR count). The average molecular weight is 286 g/mol. The number of aryl methyl sites for hydroxylation is 1. The second-order valence-corrected chi connectivity index (χ2v) is 4.78. The fraction of sp³-hybridized carbons (Fsp3) is 0.235. The van der Waals surface area contributed by atoms with Gasteiger partial charge in [-0.2, -0.15) is 0 Å². The maximum Gasteiger partial charge on any atom is 0.345 e. The van der Waals surface area contributed by atoms with E-state index in [0.717, 1.165) is 11.1 Å². The van der Waals surface area contributed by atoms with E-state index in [9.17, 15) is 9.90 Å². The third-order valence-corrected chi connectivity index (χ3v) is 3.14. The van der Waals surface area contributed by atoms with Crippen molar-refractivity contribution in [3.63, 3.8) is 0 Å². The molecule has 0 heterocycles. The van der Waals surface area contributed by atoms with E-state index >= 15 is 0 Å². The Morgan fingerprint density at radius 2 is 1.90 bits per heavy atom. The Labute approximate surface area is 123 Å². The van der Waals surface area contributed by atoms with Crippen LogP contribution in [0.3, 0.4) is 0 Å². The van der Waals surface area contributed by atoms with Gasteiger partial charge in [0.2, 0.25) is 0 Å². The van der Waals surface area contributed by atoms with E-state index in [4.69, 9.17) is 9.47 Å². The molecule has 0 saturated heterocycles. The molecule has 0 fully saturated rings. The van der Waals surface area contributed by atoms with Gasteiger partial charge in [-0.05, 0) is 30.7 Å². The van der Waals surface area contributed by atoms with E-state index in [1.807, 2.05) is 43.3 Å². The molecule has 0 spiro atoms. The number of carbonyl (C=O) groups is 1. The molecule has 2 aromatic rings. The van der Waals surface area contributed by atoms with Crippen molar-refractivity contribution in [3.8, 4) is 11.5 Å². The van der Waals surface area contributed by atoms with Crippen LogP contribution in [0.5, 0.6) is 11.5 Å². The normalized spacial score (nSPS) is 11.7. The van der Waals surface area contributed by atoms with Gasteiger partial charge >= 0.3 is 5.97 Å². The summed E-state index contributed by atoms with van der Waals surface area (Å²) in [7, 11) is 1.57. The minimum Gasteiger partial charge on any atom is -0.496 e. The quantitative estimate of drug-likeness (QED) is 0.886. The van der Waals surface area contributed by atoms with Crippen molar-refractivity contribution in [1.82, 2.24) is 0 Å². The Morgan fingerprint density at radius 3 is 2.52 bits per heavy atom. The zero-order chi connectivity index (χ0) is 15.2. The van der Waals surface area contributed by atoms with Crippen molar-refractivity contribution in [2.45, 2.75) is 19.4 Å². The van der Waals surface area contributed by atoms with Gasteiger partial charge in [-0.1, -0.05) is 35.9 Å². The highest BCUT2D eigenvalue weighted by Crippen LogP contribution is 2.23. The molecule has 0 saturated carbocycles. The lowest BCUT2D eigenvalue weighted by Crippen LogP contribution is -2.29. The molecule has 0 unspecified atom stereocenters. The first-order valence-electron chi connectivity index (χ1n) is 6.68. The number of para-hydroxylation sites is 1. The number of aliphatic carboxylic acids is 1. The molecule has 2 aromatic carbocycles. The maximum absolute atomic E-state index is 11.4. The molecule has 4 heteroatoms. The van der Waals surface area contributed by atoms with Gasteiger partial charge in [-0.15, -0.1) is 0 Å². The fourth-order valence-electron chi connectivity index (χ4n) is 2.11. The first-order chi connectivity index (χ1) is 10.1. The van der Waals surface area contributed by atoms with Gasteiger partial charge in [0.25, 0.3) is 0 Å². The molecule has 4 nitrogen and oxygen atoms in total. The lowest BCUT2D eigenvalue weighted by molar-refractivity contribution is -0.145. The monoisotopic (exact) mass is 286 g/mol. The molecule has 0 aliphatic rings. The van der Waals surface area contributed by atoms with Crippen LogP contribution >= 0.6 is 0 Å². The zero-order valence-corrected chi connectivity index (χ0v) is 12.1. The molecular weight excluding hydrogens is 268 g/mol. The lowest BCUT2D eigenvalue weighted by Gasteiger charge is -2.17. The molecular formula is C17H18O4. The van der Waals surface area contributed by atoms with Crippen LogP contribution in [-0.4, -0.2) is 24.3 Å². The van der Waals surface area contributed by atoms with Gasteiger partial charge in [0.05, 0.1) is 7.11 Å². The van der Waals surface area contributed by atoms with Crippen molar-refractivity contribution < 1.29 is 19.4 Å². The van der Waals surface area contributed by atoms with Crippen molar-refractivity contribution in [2.75, 3.05) is 7.11 Å². The summed E-state index contributed by atoms with van der Waals surface area (Å²) in [5, 5.41) is 9.36. The van der Waals surface area contributed by atoms with Crippen LogP contribution in [0.15, 0.2) is 48.5 Å². The van der Waals surface area contributed by atoms with Crippen LogP contribution in [0.25, 0.3) is 0 Å². The van der Waals surface area contributed by atoms with E-state index in [-0.39, 0.29) is 6.42 Å². The Morgan fingerprint density at radius 1 is 1.19 bits per heavy atom. The Hall–Kier alpha value is -2.49. The highest BCUT2D eigenvalue weighted by molar-refractivity contribution is 5.73. The summed E-state index contributed by atoms with van der Waals surface area (Å²) in [6.07, 6.45) is -0.710. The summed E-state index contributed by atoms with van der Waals surface area (Å²) in [5.74, 6) is 0.211. The van der Waals surface area contributed by atoms with Gasteiger partial charge in [0.1, 0.15) is 11.5 Å². The fourth-order valence-corrected chi connectivity index (χ4v) is 2.11. The van der Waals surface area contributed by atoms with E-state index in [1.54, 1.807) is 19.2 Å². The van der Waals surface area contributed by atoms with Crippen LogP contribution in [0.1, 0.15) is 11.1 Å². The number of carboxylic acids is 1. The number of rotatable bonds is 6. The summed E-state index contributed by atoms with van der Waals surface area (Å²) >= 11 is 0. The van der Waals surface area contributed by atoms with Crippen LogP contribution in [-0.2, 0) is 11.2 Å². The maximum atomic E-state index is 11.4. The molecule has 21 heavy (non-hydrogen) atoms. The summed E-state index contributed by atoms with van der Waals surface area (Å²) in [4.78, 5) is 11.4. The van der Waals surface area contributed by atoms with Gasteiger partial charge in [-0.25, -0.2) is 4.79 Å². The first-order valence-corrected chi connectivity index (χ1v) is 6.68. The molecule has 0 radical (unpaired) electrons. The first kappa shape index (κ1) is 14.9. The number of methoxy groups -OCH3 is 1. The predicted octanol–water partition coefficient (Wildman–Crippen LogP) is 3.08. The topological polar surface area (TPSA) is 55.8 Å². The van der Waals surface area contributed by atoms with Crippen molar-refractivity contribution in [3.05, 3.63) is 59.7 Å². The molecule has 0 aliphatic heterocycles. The Balaban J connectivity index is 2.20. The highest BCUT2D eigenvalue weighted by Gasteiger charge is 2.22. The van der Waals surface area contributed by atoms with Crippen molar-refractivity contribution >= 4 is 5.97 Å². The Bertz CT molecular complexity index is 607. The van der Waals surface area contributed by atoms with Gasteiger partial charge < -0.3 is 14.6 Å². The van der Waals surface area contributed by atoms with Crippen LogP contribution < -0.4 is 9.47 Å². The standard InChI is InChI=1S/C17H18O4/c1-12-8-9-15(20-2)13(10-12)11-16(17(18)19)21-14-6-4-3-5-7-14/h3-10,16H,11H2,1-2H3,(H,18,19)/t16-/m1/s1. The molecule has 0 amide bonds. The minimum absolute atomic E-state index is 0.245. The van der Waals surface area contributed by atoms with Crippen LogP contribution in [0, 0.1) is 6.92 Å². The van der Waals surface area contributed by atoms with Gasteiger partial charge in [-0.3, -0.25) is 0 Å². The second-order valence-electron chi connectivity index (χ2n) is 4.78. The van der Waals surface area contributed by atoms with Crippen LogP contribution in [0.2, 0.25) is 0 Å². The molecule has 0 bridgehead atoms. The van der Waals surface area contributed by atoms with Crippen molar-refractivity contribution in [2.24, 2.45) is 0 Å².